The Morgan fingerprint density at radius 2 is 1.52 bits per heavy atom. The lowest BCUT2D eigenvalue weighted by Crippen LogP contribution is -2.23. The number of rotatable bonds is 6. The van der Waals surface area contributed by atoms with Gasteiger partial charge in [0.1, 0.15) is 4.90 Å². The Morgan fingerprint density at radius 1 is 0.833 bits per heavy atom. The van der Waals surface area contributed by atoms with Gasteiger partial charge < -0.3 is 10.2 Å². The van der Waals surface area contributed by atoms with E-state index in [9.17, 15) is 26.4 Å². The van der Waals surface area contributed by atoms with Crippen molar-refractivity contribution in [3.05, 3.63) is 107 Å². The topological polar surface area (TPSA) is 130 Å². The van der Waals surface area contributed by atoms with Gasteiger partial charge in [-0.05, 0) is 73.5 Å². The van der Waals surface area contributed by atoms with Crippen molar-refractivity contribution in [2.45, 2.75) is 27.5 Å². The SMILES string of the molecule is O=C(Nc1ccc(N2CCCC2)c(S(=O)(=O)Nc2ccccc2Cl)c1)c1ccc2c(c1)C(=O)c1ccccc1S2(=O)=O. The van der Waals surface area contributed by atoms with Crippen molar-refractivity contribution in [1.82, 2.24) is 0 Å². The Hall–Kier alpha value is -4.19. The highest BCUT2D eigenvalue weighted by Crippen LogP contribution is 2.36. The maximum absolute atomic E-state index is 13.6. The first kappa shape index (κ1) is 28.0. The minimum Gasteiger partial charge on any atom is -0.370 e. The first-order chi connectivity index (χ1) is 20.1. The smallest absolute Gasteiger partial charge is 0.264 e. The zero-order chi connectivity index (χ0) is 29.6. The van der Waals surface area contributed by atoms with Gasteiger partial charge in [-0.3, -0.25) is 14.3 Å². The third-order valence-corrected chi connectivity index (χ3v) is 10.9. The van der Waals surface area contributed by atoms with Crippen molar-refractivity contribution in [2.75, 3.05) is 28.0 Å². The first-order valence-corrected chi connectivity index (χ1v) is 16.4. The van der Waals surface area contributed by atoms with Crippen LogP contribution in [0.3, 0.4) is 0 Å². The molecule has 4 aromatic carbocycles. The number of carbonyl (C=O) groups excluding carboxylic acids is 2. The summed E-state index contributed by atoms with van der Waals surface area (Å²) in [6.45, 7) is 1.38. The number of halogens is 1. The molecular weight excluding hydrogens is 598 g/mol. The summed E-state index contributed by atoms with van der Waals surface area (Å²) in [5, 5.41) is 2.92. The van der Waals surface area contributed by atoms with Crippen LogP contribution in [-0.4, -0.2) is 41.6 Å². The lowest BCUT2D eigenvalue weighted by molar-refractivity contribution is 0.102. The fraction of sp³-hybridized carbons (Fsp3) is 0.133. The van der Waals surface area contributed by atoms with Gasteiger partial charge in [-0.15, -0.1) is 0 Å². The van der Waals surface area contributed by atoms with E-state index in [2.05, 4.69) is 10.0 Å². The number of amides is 1. The number of para-hydroxylation sites is 1. The normalized spacial score (nSPS) is 15.5. The molecule has 0 spiro atoms. The van der Waals surface area contributed by atoms with Gasteiger partial charge in [-0.1, -0.05) is 35.9 Å². The van der Waals surface area contributed by atoms with Gasteiger partial charge in [0.2, 0.25) is 9.84 Å². The Bertz CT molecular complexity index is 1990. The summed E-state index contributed by atoms with van der Waals surface area (Å²) in [5.74, 6) is -1.14. The average molecular weight is 622 g/mol. The quantitative estimate of drug-likeness (QED) is 0.261. The van der Waals surface area contributed by atoms with Gasteiger partial charge in [0.25, 0.3) is 15.9 Å². The van der Waals surface area contributed by atoms with Crippen molar-refractivity contribution >= 4 is 60.2 Å². The minimum absolute atomic E-state index is 0.0366. The van der Waals surface area contributed by atoms with E-state index in [1.165, 1.54) is 36.4 Å². The van der Waals surface area contributed by atoms with Gasteiger partial charge in [0.05, 0.1) is 26.2 Å². The zero-order valence-corrected chi connectivity index (χ0v) is 24.4. The van der Waals surface area contributed by atoms with Crippen LogP contribution in [-0.2, 0) is 19.9 Å². The standard InChI is InChI=1S/C30H24ClN3O6S2/c31-23-8-2-3-9-24(23)33-42(39,40)28-18-20(12-13-25(28)34-15-5-6-16-34)32-30(36)19-11-14-27-22(17-19)29(35)21-7-1-4-10-26(21)41(27,37)38/h1-4,7-14,17-18,33H,5-6,15-16H2,(H,32,36). The molecule has 12 heteroatoms. The number of sulfonamides is 1. The van der Waals surface area contributed by atoms with E-state index >= 15 is 0 Å². The molecule has 0 saturated carbocycles. The molecule has 2 aliphatic rings. The number of sulfone groups is 1. The average Bonchev–Trinajstić information content (AvgIpc) is 3.52. The third kappa shape index (κ3) is 4.93. The Balaban J connectivity index is 1.34. The number of hydrogen-bond acceptors (Lipinski definition) is 7. The lowest BCUT2D eigenvalue weighted by Gasteiger charge is -2.23. The largest absolute Gasteiger partial charge is 0.370 e. The minimum atomic E-state index is -4.13. The Morgan fingerprint density at radius 3 is 2.29 bits per heavy atom. The molecule has 0 atom stereocenters. The Labute approximate surface area is 248 Å². The number of hydrogen-bond donors (Lipinski definition) is 2. The molecule has 0 unspecified atom stereocenters. The maximum Gasteiger partial charge on any atom is 0.264 e. The highest BCUT2D eigenvalue weighted by atomic mass is 35.5. The summed E-state index contributed by atoms with van der Waals surface area (Å²) in [6.07, 6.45) is 1.85. The summed E-state index contributed by atoms with van der Waals surface area (Å²) in [7, 11) is -8.07. The number of ketones is 1. The molecule has 6 rings (SSSR count). The third-order valence-electron chi connectivity index (χ3n) is 7.27. The Kier molecular flexibility index (Phi) is 7.04. The number of benzene rings is 4. The predicted molar refractivity (Wildman–Crippen MR) is 160 cm³/mol. The maximum atomic E-state index is 13.6. The number of carbonyl (C=O) groups is 2. The van der Waals surface area contributed by atoms with Crippen molar-refractivity contribution in [3.8, 4) is 0 Å². The molecular formula is C30H24ClN3O6S2. The van der Waals surface area contributed by atoms with Gasteiger partial charge >= 0.3 is 0 Å². The number of nitrogens with one attached hydrogen (secondary N) is 2. The molecule has 0 aliphatic carbocycles. The molecule has 1 saturated heterocycles. The van der Waals surface area contributed by atoms with Crippen LogP contribution in [0.15, 0.2) is 99.6 Å². The summed E-state index contributed by atoms with van der Waals surface area (Å²) in [4.78, 5) is 28.1. The predicted octanol–water partition coefficient (Wildman–Crippen LogP) is 5.37. The van der Waals surface area contributed by atoms with Crippen LogP contribution in [0.2, 0.25) is 5.02 Å². The van der Waals surface area contributed by atoms with Crippen LogP contribution in [0.5, 0.6) is 0 Å². The number of nitrogens with zero attached hydrogens (tertiary/aromatic N) is 1. The van der Waals surface area contributed by atoms with Crippen molar-refractivity contribution in [2.24, 2.45) is 0 Å². The molecule has 214 valence electrons. The monoisotopic (exact) mass is 621 g/mol. The fourth-order valence-corrected chi connectivity index (χ4v) is 8.41. The second kappa shape index (κ2) is 10.6. The van der Waals surface area contributed by atoms with Gasteiger partial charge in [-0.2, -0.15) is 0 Å². The van der Waals surface area contributed by atoms with Crippen LogP contribution in [0.4, 0.5) is 17.1 Å². The van der Waals surface area contributed by atoms with Crippen molar-refractivity contribution in [1.29, 1.82) is 0 Å². The van der Waals surface area contributed by atoms with Crippen LogP contribution in [0.1, 0.15) is 39.1 Å². The van der Waals surface area contributed by atoms with E-state index in [0.717, 1.165) is 12.8 Å². The van der Waals surface area contributed by atoms with E-state index in [0.29, 0.717) is 18.8 Å². The summed E-state index contributed by atoms with van der Waals surface area (Å²) in [5.41, 5.74) is 0.895. The second-order valence-electron chi connectivity index (χ2n) is 9.96. The van der Waals surface area contributed by atoms with Gasteiger partial charge in [-0.25, -0.2) is 16.8 Å². The number of anilines is 3. The molecule has 1 amide bonds. The molecule has 4 aromatic rings. The van der Waals surface area contributed by atoms with E-state index in [4.69, 9.17) is 11.6 Å². The molecule has 2 heterocycles. The zero-order valence-electron chi connectivity index (χ0n) is 22.0. The fourth-order valence-electron chi connectivity index (χ4n) is 5.21. The van der Waals surface area contributed by atoms with Crippen LogP contribution >= 0.6 is 11.6 Å². The summed E-state index contributed by atoms with van der Waals surface area (Å²) in [6, 6.07) is 20.8. The molecule has 2 N–H and O–H groups in total. The molecule has 9 nitrogen and oxygen atoms in total. The highest BCUT2D eigenvalue weighted by Gasteiger charge is 2.35. The molecule has 0 bridgehead atoms. The van der Waals surface area contributed by atoms with E-state index < -0.39 is 31.6 Å². The molecule has 1 fully saturated rings. The van der Waals surface area contributed by atoms with Crippen molar-refractivity contribution in [3.63, 3.8) is 0 Å². The molecule has 2 aliphatic heterocycles. The first-order valence-electron chi connectivity index (χ1n) is 13.1. The van der Waals surface area contributed by atoms with Crippen molar-refractivity contribution < 1.29 is 26.4 Å². The van der Waals surface area contributed by atoms with E-state index in [1.807, 2.05) is 4.90 Å². The highest BCUT2D eigenvalue weighted by molar-refractivity contribution is 7.93. The van der Waals surface area contributed by atoms with E-state index in [-0.39, 0.29) is 47.8 Å². The summed E-state index contributed by atoms with van der Waals surface area (Å²) < 4.78 is 55.9. The van der Waals surface area contributed by atoms with Crippen LogP contribution < -0.4 is 14.9 Å². The molecule has 42 heavy (non-hydrogen) atoms. The van der Waals surface area contributed by atoms with Crippen LogP contribution in [0.25, 0.3) is 0 Å². The van der Waals surface area contributed by atoms with Crippen LogP contribution in [0, 0.1) is 0 Å². The lowest BCUT2D eigenvalue weighted by atomic mass is 10.00. The van der Waals surface area contributed by atoms with E-state index in [1.54, 1.807) is 48.5 Å². The molecule has 0 aromatic heterocycles. The van der Waals surface area contributed by atoms with Gasteiger partial charge in [0.15, 0.2) is 5.78 Å². The molecule has 0 radical (unpaired) electrons. The summed E-state index contributed by atoms with van der Waals surface area (Å²) >= 11 is 6.20. The second-order valence-corrected chi connectivity index (χ2v) is 13.9. The van der Waals surface area contributed by atoms with Gasteiger partial charge in [0, 0.05) is 35.5 Å². The number of fused-ring (bicyclic) bond motifs is 2.